The molecule has 0 aliphatic carbocycles. The van der Waals surface area contributed by atoms with E-state index in [1.54, 1.807) is 0 Å². The highest BCUT2D eigenvalue weighted by Crippen LogP contribution is 2.38. The Balaban J connectivity index is 2.17. The number of halogens is 5. The molecule has 7 heteroatoms. The van der Waals surface area contributed by atoms with Gasteiger partial charge >= 0.3 is 6.18 Å². The Morgan fingerprint density at radius 1 is 1.50 bits per heavy atom. The topological polar surface area (TPSA) is 21.8 Å². The molecule has 0 unspecified atom stereocenters. The molecule has 0 amide bonds. The third kappa shape index (κ3) is 3.60. The van der Waals surface area contributed by atoms with E-state index in [-0.39, 0.29) is 23.3 Å². The van der Waals surface area contributed by atoms with E-state index in [1.807, 2.05) is 0 Å². The zero-order valence-electron chi connectivity index (χ0n) is 9.01. The van der Waals surface area contributed by atoms with E-state index in [4.69, 9.17) is 21.1 Å². The minimum atomic E-state index is -4.48. The predicted octanol–water partition coefficient (Wildman–Crippen LogP) is 4.12. The highest BCUT2D eigenvalue weighted by molar-refractivity contribution is 9.10. The lowest BCUT2D eigenvalue weighted by Gasteiger charge is -2.21. The summed E-state index contributed by atoms with van der Waals surface area (Å²) in [5.74, 6) is 0. The lowest BCUT2D eigenvalue weighted by molar-refractivity contribution is -0.224. The summed E-state index contributed by atoms with van der Waals surface area (Å²) in [6.07, 6.45) is -6.68. The number of benzene rings is 1. The SMILES string of the molecule is FC(F)(F)[C@H](OC[C@H]1CO1)c1ccc(Br)c(Cl)c1. The van der Waals surface area contributed by atoms with Crippen LogP contribution in [0.5, 0.6) is 0 Å². The van der Waals surface area contributed by atoms with Crippen LogP contribution in [0.1, 0.15) is 11.7 Å². The van der Waals surface area contributed by atoms with Gasteiger partial charge in [-0.15, -0.1) is 0 Å². The Kier molecular flexibility index (Phi) is 4.21. The summed E-state index contributed by atoms with van der Waals surface area (Å²) in [4.78, 5) is 0. The number of rotatable bonds is 4. The van der Waals surface area contributed by atoms with Crippen LogP contribution < -0.4 is 0 Å². The molecule has 1 fully saturated rings. The molecule has 1 aliphatic rings. The van der Waals surface area contributed by atoms with Crippen molar-refractivity contribution in [1.82, 2.24) is 0 Å². The maximum Gasteiger partial charge on any atom is 0.418 e. The van der Waals surface area contributed by atoms with Crippen LogP contribution in [-0.4, -0.2) is 25.5 Å². The molecular formula is C11H9BrClF3O2. The van der Waals surface area contributed by atoms with Crippen LogP contribution >= 0.6 is 27.5 Å². The summed E-state index contributed by atoms with van der Waals surface area (Å²) in [6.45, 7) is 0.379. The largest absolute Gasteiger partial charge is 0.418 e. The van der Waals surface area contributed by atoms with E-state index < -0.39 is 12.3 Å². The Morgan fingerprint density at radius 2 is 2.17 bits per heavy atom. The van der Waals surface area contributed by atoms with E-state index in [1.165, 1.54) is 18.2 Å². The molecule has 18 heavy (non-hydrogen) atoms. The third-order valence-corrected chi connectivity index (χ3v) is 3.63. The fourth-order valence-electron chi connectivity index (χ4n) is 1.42. The number of ether oxygens (including phenoxy) is 2. The standard InChI is InChI=1S/C11H9BrClF3O2/c12-8-2-1-6(3-9(8)13)10(11(14,15)16)18-5-7-4-17-7/h1-3,7,10H,4-5H2/t7-,10-/m1/s1. The molecule has 2 nitrogen and oxygen atoms in total. The lowest BCUT2D eigenvalue weighted by Crippen LogP contribution is -2.25. The van der Waals surface area contributed by atoms with Crippen LogP contribution in [0.3, 0.4) is 0 Å². The molecule has 1 aromatic rings. The van der Waals surface area contributed by atoms with Gasteiger partial charge in [0.1, 0.15) is 6.10 Å². The fraction of sp³-hybridized carbons (Fsp3) is 0.455. The molecule has 1 heterocycles. The first-order valence-corrected chi connectivity index (χ1v) is 6.30. The second-order valence-electron chi connectivity index (χ2n) is 3.88. The van der Waals surface area contributed by atoms with Crippen molar-refractivity contribution in [2.24, 2.45) is 0 Å². The maximum absolute atomic E-state index is 12.9. The molecule has 0 saturated carbocycles. The molecule has 2 rings (SSSR count). The predicted molar refractivity (Wildman–Crippen MR) is 63.6 cm³/mol. The van der Waals surface area contributed by atoms with E-state index in [0.717, 1.165) is 0 Å². The van der Waals surface area contributed by atoms with Gasteiger partial charge in [0, 0.05) is 4.47 Å². The van der Waals surface area contributed by atoms with Gasteiger partial charge in [-0.1, -0.05) is 17.7 Å². The molecule has 0 radical (unpaired) electrons. The molecule has 1 saturated heterocycles. The Labute approximate surface area is 115 Å². The first-order valence-electron chi connectivity index (χ1n) is 5.13. The molecule has 0 bridgehead atoms. The van der Waals surface area contributed by atoms with Gasteiger partial charge in [0.25, 0.3) is 0 Å². The Hall–Kier alpha value is -0.300. The van der Waals surface area contributed by atoms with Crippen molar-refractivity contribution in [2.75, 3.05) is 13.2 Å². The summed E-state index contributed by atoms with van der Waals surface area (Å²) >= 11 is 8.92. The average molecular weight is 346 g/mol. The molecule has 1 aromatic carbocycles. The monoisotopic (exact) mass is 344 g/mol. The number of epoxide rings is 1. The van der Waals surface area contributed by atoms with Crippen molar-refractivity contribution in [3.05, 3.63) is 33.3 Å². The van der Waals surface area contributed by atoms with Gasteiger partial charge in [0.15, 0.2) is 6.10 Å². The summed E-state index contributed by atoms with van der Waals surface area (Å²) in [5.41, 5.74) is -0.0173. The zero-order valence-corrected chi connectivity index (χ0v) is 11.3. The van der Waals surface area contributed by atoms with Crippen molar-refractivity contribution in [3.63, 3.8) is 0 Å². The number of alkyl halides is 3. The Bertz CT molecular complexity index is 435. The van der Waals surface area contributed by atoms with Crippen molar-refractivity contribution >= 4 is 27.5 Å². The van der Waals surface area contributed by atoms with Crippen molar-refractivity contribution in [1.29, 1.82) is 0 Å². The van der Waals surface area contributed by atoms with Crippen LogP contribution in [0.4, 0.5) is 13.2 Å². The van der Waals surface area contributed by atoms with Gasteiger partial charge in [-0.3, -0.25) is 0 Å². The first kappa shape index (κ1) is 14.1. The molecular weight excluding hydrogens is 336 g/mol. The van der Waals surface area contributed by atoms with E-state index >= 15 is 0 Å². The van der Waals surface area contributed by atoms with Crippen molar-refractivity contribution in [3.8, 4) is 0 Å². The minimum Gasteiger partial charge on any atom is -0.371 e. The van der Waals surface area contributed by atoms with Gasteiger partial charge in [-0.05, 0) is 33.6 Å². The molecule has 0 N–H and O–H groups in total. The zero-order chi connectivity index (χ0) is 13.3. The van der Waals surface area contributed by atoms with Crippen LogP contribution in [0.15, 0.2) is 22.7 Å². The van der Waals surface area contributed by atoms with E-state index in [9.17, 15) is 13.2 Å². The summed E-state index contributed by atoms with van der Waals surface area (Å²) in [5, 5.41) is 0.216. The molecule has 1 aliphatic heterocycles. The quantitative estimate of drug-likeness (QED) is 0.766. The second kappa shape index (κ2) is 5.36. The number of hydrogen-bond acceptors (Lipinski definition) is 2. The van der Waals surface area contributed by atoms with Crippen LogP contribution in [-0.2, 0) is 9.47 Å². The van der Waals surface area contributed by atoms with Gasteiger partial charge < -0.3 is 9.47 Å². The normalized spacial score (nSPS) is 20.8. The summed E-state index contributed by atoms with van der Waals surface area (Å²) < 4.78 is 48.9. The highest BCUT2D eigenvalue weighted by atomic mass is 79.9. The van der Waals surface area contributed by atoms with E-state index in [0.29, 0.717) is 11.1 Å². The van der Waals surface area contributed by atoms with Crippen molar-refractivity contribution < 1.29 is 22.6 Å². The number of hydrogen-bond donors (Lipinski definition) is 0. The van der Waals surface area contributed by atoms with Crippen molar-refractivity contribution in [2.45, 2.75) is 18.4 Å². The van der Waals surface area contributed by atoms with Gasteiger partial charge in [0.05, 0.1) is 18.2 Å². The highest BCUT2D eigenvalue weighted by Gasteiger charge is 2.43. The second-order valence-corrected chi connectivity index (χ2v) is 5.15. The van der Waals surface area contributed by atoms with Crippen LogP contribution in [0.25, 0.3) is 0 Å². The van der Waals surface area contributed by atoms with Gasteiger partial charge in [-0.25, -0.2) is 0 Å². The molecule has 0 spiro atoms. The Morgan fingerprint density at radius 3 is 2.67 bits per heavy atom. The third-order valence-electron chi connectivity index (χ3n) is 2.39. The molecule has 0 aromatic heterocycles. The summed E-state index contributed by atoms with van der Waals surface area (Å²) in [6, 6.07) is 4.05. The van der Waals surface area contributed by atoms with Crippen LogP contribution in [0.2, 0.25) is 5.02 Å². The first-order chi connectivity index (χ1) is 8.38. The molecule has 2 atom stereocenters. The van der Waals surface area contributed by atoms with E-state index in [2.05, 4.69) is 15.9 Å². The summed E-state index contributed by atoms with van der Waals surface area (Å²) in [7, 11) is 0. The smallest absolute Gasteiger partial charge is 0.371 e. The lowest BCUT2D eigenvalue weighted by atomic mass is 10.1. The van der Waals surface area contributed by atoms with Gasteiger partial charge in [0.2, 0.25) is 0 Å². The minimum absolute atomic E-state index is 0.0173. The average Bonchev–Trinajstić information content (AvgIpc) is 3.05. The fourth-order valence-corrected chi connectivity index (χ4v) is 1.86. The maximum atomic E-state index is 12.9. The van der Waals surface area contributed by atoms with Gasteiger partial charge in [-0.2, -0.15) is 13.2 Å². The van der Waals surface area contributed by atoms with Crippen LogP contribution in [0, 0.1) is 0 Å². The molecule has 100 valence electrons.